The van der Waals surface area contributed by atoms with Crippen molar-refractivity contribution >= 4 is 54.3 Å². The van der Waals surface area contributed by atoms with Gasteiger partial charge >= 0.3 is 0 Å². The van der Waals surface area contributed by atoms with E-state index in [1.165, 1.54) is 11.3 Å². The summed E-state index contributed by atoms with van der Waals surface area (Å²) in [6, 6.07) is 11.0. The van der Waals surface area contributed by atoms with Gasteiger partial charge in [-0.25, -0.2) is 14.6 Å². The smallest absolute Gasteiger partial charge is 0.241 e. The van der Waals surface area contributed by atoms with E-state index in [2.05, 4.69) is 46.8 Å². The Labute approximate surface area is 183 Å². The van der Waals surface area contributed by atoms with Crippen molar-refractivity contribution in [3.63, 3.8) is 0 Å². The molecule has 0 radical (unpaired) electrons. The molecule has 5 rings (SSSR count). The molecule has 3 aromatic heterocycles. The first-order valence-corrected chi connectivity index (χ1v) is 10.9. The van der Waals surface area contributed by atoms with Crippen LogP contribution in [0.4, 0.5) is 10.8 Å². The summed E-state index contributed by atoms with van der Waals surface area (Å²) in [5.41, 5.74) is 8.68. The van der Waals surface area contributed by atoms with Crippen LogP contribution >= 0.6 is 27.3 Å². The van der Waals surface area contributed by atoms with Gasteiger partial charge in [0.2, 0.25) is 5.91 Å². The van der Waals surface area contributed by atoms with Crippen LogP contribution in [0.3, 0.4) is 0 Å². The number of carbonyl (C=O) groups excluding carboxylic acids is 1. The Morgan fingerprint density at radius 3 is 2.87 bits per heavy atom. The van der Waals surface area contributed by atoms with Crippen LogP contribution < -0.4 is 16.4 Å². The Balaban J connectivity index is 1.27. The van der Waals surface area contributed by atoms with Gasteiger partial charge in [0.25, 0.3) is 0 Å². The van der Waals surface area contributed by atoms with Crippen LogP contribution in [0.25, 0.3) is 21.7 Å². The van der Waals surface area contributed by atoms with Crippen LogP contribution in [0.1, 0.15) is 12.5 Å². The lowest BCUT2D eigenvalue weighted by Crippen LogP contribution is -2.35. The van der Waals surface area contributed by atoms with E-state index < -0.39 is 0 Å². The predicted octanol–water partition coefficient (Wildman–Crippen LogP) is 2.84. The van der Waals surface area contributed by atoms with Gasteiger partial charge < -0.3 is 16.4 Å². The Morgan fingerprint density at radius 1 is 1.20 bits per heavy atom. The number of benzene rings is 1. The van der Waals surface area contributed by atoms with E-state index in [9.17, 15) is 4.79 Å². The number of thiazole rings is 1. The number of hydrogen-bond donors (Lipinski definition) is 3. The van der Waals surface area contributed by atoms with Crippen molar-refractivity contribution in [2.24, 2.45) is 0 Å². The van der Waals surface area contributed by atoms with Gasteiger partial charge in [-0.2, -0.15) is 0 Å². The Morgan fingerprint density at radius 2 is 2.03 bits per heavy atom. The molecule has 2 atom stereocenters. The number of amides is 1. The molecule has 9 nitrogen and oxygen atoms in total. The minimum atomic E-state index is -0.291. The lowest BCUT2D eigenvalue weighted by atomic mass is 10.1. The molecule has 11 heteroatoms. The van der Waals surface area contributed by atoms with Crippen LogP contribution in [-0.4, -0.2) is 43.5 Å². The molecule has 4 aromatic rings. The molecular formula is C19H17BrN8OS. The minimum absolute atomic E-state index is 0.0368. The number of nitrogen functional groups attached to an aromatic ring is 1. The number of nitrogens with two attached hydrogens (primary N) is 1. The summed E-state index contributed by atoms with van der Waals surface area (Å²) in [7, 11) is 0. The quantitative estimate of drug-likeness (QED) is 0.406. The Hall–Kier alpha value is -2.89. The highest BCUT2D eigenvalue weighted by atomic mass is 79.9. The SMILES string of the molecule is Nc1nc2ccc(-c3cn([C@@H]4CN[C@H](C(=O)Nc5ccc(Br)cc5)C4)nn3)nc2s1. The molecular weight excluding hydrogens is 468 g/mol. The molecule has 4 heterocycles. The third kappa shape index (κ3) is 3.78. The second kappa shape index (κ2) is 7.74. The van der Waals surface area contributed by atoms with Gasteiger partial charge in [-0.15, -0.1) is 5.10 Å². The fraction of sp³-hybridized carbons (Fsp3) is 0.211. The van der Waals surface area contributed by atoms with Gasteiger partial charge in [0, 0.05) is 16.7 Å². The van der Waals surface area contributed by atoms with E-state index in [4.69, 9.17) is 5.73 Å². The molecule has 0 aliphatic carbocycles. The molecule has 30 heavy (non-hydrogen) atoms. The van der Waals surface area contributed by atoms with E-state index in [1.54, 1.807) is 4.68 Å². The first-order chi connectivity index (χ1) is 14.5. The lowest BCUT2D eigenvalue weighted by Gasteiger charge is -2.11. The summed E-state index contributed by atoms with van der Waals surface area (Å²) in [5.74, 6) is -0.0601. The van der Waals surface area contributed by atoms with E-state index in [1.807, 2.05) is 42.6 Å². The van der Waals surface area contributed by atoms with Crippen molar-refractivity contribution in [2.75, 3.05) is 17.6 Å². The molecule has 0 spiro atoms. The van der Waals surface area contributed by atoms with E-state index in [-0.39, 0.29) is 18.0 Å². The molecule has 0 bridgehead atoms. The number of fused-ring (bicyclic) bond motifs is 1. The zero-order valence-corrected chi connectivity index (χ0v) is 18.0. The second-order valence-corrected chi connectivity index (χ2v) is 8.93. The molecule has 1 amide bonds. The topological polar surface area (TPSA) is 124 Å². The fourth-order valence-electron chi connectivity index (χ4n) is 3.43. The van der Waals surface area contributed by atoms with Crippen LogP contribution in [0, 0.1) is 0 Å². The number of pyridine rings is 1. The van der Waals surface area contributed by atoms with Crippen LogP contribution in [0.2, 0.25) is 0 Å². The summed E-state index contributed by atoms with van der Waals surface area (Å²) >= 11 is 4.73. The maximum absolute atomic E-state index is 12.6. The third-order valence-electron chi connectivity index (χ3n) is 4.95. The maximum atomic E-state index is 12.6. The lowest BCUT2D eigenvalue weighted by molar-refractivity contribution is -0.117. The number of aromatic nitrogens is 5. The molecule has 152 valence electrons. The summed E-state index contributed by atoms with van der Waals surface area (Å²) < 4.78 is 2.76. The highest BCUT2D eigenvalue weighted by Gasteiger charge is 2.31. The predicted molar refractivity (Wildman–Crippen MR) is 119 cm³/mol. The van der Waals surface area contributed by atoms with Crippen molar-refractivity contribution in [2.45, 2.75) is 18.5 Å². The molecule has 0 saturated carbocycles. The summed E-state index contributed by atoms with van der Waals surface area (Å²) in [5, 5.41) is 15.2. The van der Waals surface area contributed by atoms with Crippen LogP contribution in [0.15, 0.2) is 47.1 Å². The van der Waals surface area contributed by atoms with Crippen molar-refractivity contribution in [1.29, 1.82) is 0 Å². The third-order valence-corrected chi connectivity index (χ3v) is 6.28. The number of carbonyl (C=O) groups is 1. The van der Waals surface area contributed by atoms with E-state index in [0.29, 0.717) is 29.5 Å². The minimum Gasteiger partial charge on any atom is -0.375 e. The average molecular weight is 485 g/mol. The van der Waals surface area contributed by atoms with Gasteiger partial charge in [0.15, 0.2) is 5.13 Å². The van der Waals surface area contributed by atoms with Crippen molar-refractivity contribution in [1.82, 2.24) is 30.3 Å². The molecule has 1 aliphatic heterocycles. The number of hydrogen-bond acceptors (Lipinski definition) is 8. The summed E-state index contributed by atoms with van der Waals surface area (Å²) in [4.78, 5) is 22.1. The number of anilines is 2. The van der Waals surface area contributed by atoms with Gasteiger partial charge in [0.1, 0.15) is 16.0 Å². The van der Waals surface area contributed by atoms with Gasteiger partial charge in [0.05, 0.1) is 24.0 Å². The van der Waals surface area contributed by atoms with Gasteiger partial charge in [-0.05, 0) is 42.8 Å². The first-order valence-electron chi connectivity index (χ1n) is 9.30. The maximum Gasteiger partial charge on any atom is 0.241 e. The molecule has 1 saturated heterocycles. The molecule has 4 N–H and O–H groups in total. The number of halogens is 1. The highest BCUT2D eigenvalue weighted by molar-refractivity contribution is 9.10. The van der Waals surface area contributed by atoms with Gasteiger partial charge in [-0.3, -0.25) is 4.79 Å². The van der Waals surface area contributed by atoms with Crippen molar-refractivity contribution < 1.29 is 4.79 Å². The van der Waals surface area contributed by atoms with Crippen LogP contribution in [0.5, 0.6) is 0 Å². The monoisotopic (exact) mass is 484 g/mol. The zero-order chi connectivity index (χ0) is 20.7. The van der Waals surface area contributed by atoms with E-state index in [0.717, 1.165) is 20.5 Å². The number of rotatable bonds is 4. The largest absolute Gasteiger partial charge is 0.375 e. The first kappa shape index (κ1) is 19.1. The number of nitrogens with one attached hydrogen (secondary N) is 2. The normalized spacial score (nSPS) is 18.7. The van der Waals surface area contributed by atoms with Crippen molar-refractivity contribution in [3.8, 4) is 11.4 Å². The average Bonchev–Trinajstić information content (AvgIpc) is 3.47. The van der Waals surface area contributed by atoms with Crippen molar-refractivity contribution in [3.05, 3.63) is 47.1 Å². The molecule has 1 fully saturated rings. The molecule has 0 unspecified atom stereocenters. The van der Waals surface area contributed by atoms with Crippen LogP contribution in [-0.2, 0) is 4.79 Å². The second-order valence-electron chi connectivity index (χ2n) is 7.00. The fourth-order valence-corrected chi connectivity index (χ4v) is 4.40. The van der Waals surface area contributed by atoms with E-state index >= 15 is 0 Å². The summed E-state index contributed by atoms with van der Waals surface area (Å²) in [6.07, 6.45) is 2.49. The molecule has 1 aliphatic rings. The number of nitrogens with zero attached hydrogens (tertiary/aromatic N) is 5. The molecule has 1 aromatic carbocycles. The van der Waals surface area contributed by atoms with Gasteiger partial charge in [-0.1, -0.05) is 32.5 Å². The zero-order valence-electron chi connectivity index (χ0n) is 15.6. The Bertz CT molecular complexity index is 1220. The standard InChI is InChI=1S/C19H17BrN8OS/c20-10-1-3-11(4-2-10)23-17(29)15-7-12(8-22-15)28-9-16(26-27-28)13-5-6-14-18(24-13)30-19(21)25-14/h1-6,9,12,15,22H,7-8H2,(H2,21,25)(H,23,29)/t12-,15-/m0/s1. The Kier molecular flexibility index (Phi) is 4.93. The highest BCUT2D eigenvalue weighted by Crippen LogP contribution is 2.26. The summed E-state index contributed by atoms with van der Waals surface area (Å²) in [6.45, 7) is 0.638.